The number of hydrogen-bond acceptors (Lipinski definition) is 4. The average molecular weight is 453 g/mol. The quantitative estimate of drug-likeness (QED) is 0.702. The predicted molar refractivity (Wildman–Crippen MR) is 107 cm³/mol. The first kappa shape index (κ1) is 20.0. The van der Waals surface area contributed by atoms with Crippen molar-refractivity contribution in [3.63, 3.8) is 0 Å². The molecule has 1 aliphatic heterocycles. The van der Waals surface area contributed by atoms with Crippen molar-refractivity contribution < 1.29 is 17.9 Å². The second-order valence-electron chi connectivity index (χ2n) is 6.43. The molecule has 1 fully saturated rings. The Morgan fingerprint density at radius 1 is 1.22 bits per heavy atom. The van der Waals surface area contributed by atoms with Crippen LogP contribution in [-0.4, -0.2) is 33.6 Å². The Morgan fingerprint density at radius 2 is 1.96 bits per heavy atom. The SMILES string of the molecule is Cc1cc(NC(=O)c2ccc(S(=O)(=O)NCC3CCCO3)cc2)ccc1Br. The lowest BCUT2D eigenvalue weighted by atomic mass is 10.2. The number of nitrogens with one attached hydrogen (secondary N) is 2. The van der Waals surface area contributed by atoms with E-state index in [1.165, 1.54) is 24.3 Å². The summed E-state index contributed by atoms with van der Waals surface area (Å²) in [5, 5.41) is 2.81. The molecule has 3 rings (SSSR count). The highest BCUT2D eigenvalue weighted by Gasteiger charge is 2.20. The molecule has 0 aliphatic carbocycles. The zero-order valence-electron chi connectivity index (χ0n) is 14.9. The predicted octanol–water partition coefficient (Wildman–Crippen LogP) is 3.47. The Bertz CT molecular complexity index is 923. The third-order valence-corrected chi connectivity index (χ3v) is 6.70. The van der Waals surface area contributed by atoms with Crippen LogP contribution in [0.4, 0.5) is 5.69 Å². The number of halogens is 1. The average Bonchev–Trinajstić information content (AvgIpc) is 3.17. The van der Waals surface area contributed by atoms with Crippen molar-refractivity contribution >= 4 is 37.5 Å². The number of sulfonamides is 1. The third-order valence-electron chi connectivity index (χ3n) is 4.37. The van der Waals surface area contributed by atoms with Gasteiger partial charge in [0.25, 0.3) is 5.91 Å². The maximum absolute atomic E-state index is 12.4. The van der Waals surface area contributed by atoms with Gasteiger partial charge in [-0.05, 0) is 67.8 Å². The van der Waals surface area contributed by atoms with Crippen molar-refractivity contribution in [1.29, 1.82) is 0 Å². The van der Waals surface area contributed by atoms with E-state index >= 15 is 0 Å². The highest BCUT2D eigenvalue weighted by Crippen LogP contribution is 2.21. The molecule has 8 heteroatoms. The van der Waals surface area contributed by atoms with Crippen molar-refractivity contribution in [3.8, 4) is 0 Å². The number of hydrogen-bond donors (Lipinski definition) is 2. The summed E-state index contributed by atoms with van der Waals surface area (Å²) in [4.78, 5) is 12.5. The Labute approximate surface area is 167 Å². The normalized spacial score (nSPS) is 17.0. The van der Waals surface area contributed by atoms with E-state index < -0.39 is 10.0 Å². The molecule has 2 aromatic rings. The van der Waals surface area contributed by atoms with Crippen LogP contribution in [0.3, 0.4) is 0 Å². The number of carbonyl (C=O) groups excluding carboxylic acids is 1. The van der Waals surface area contributed by atoms with E-state index in [0.717, 1.165) is 22.9 Å². The second kappa shape index (κ2) is 8.52. The summed E-state index contributed by atoms with van der Waals surface area (Å²) in [5.41, 5.74) is 2.07. The Hall–Kier alpha value is -1.74. The van der Waals surface area contributed by atoms with E-state index in [2.05, 4.69) is 26.0 Å². The van der Waals surface area contributed by atoms with Gasteiger partial charge in [-0.25, -0.2) is 13.1 Å². The van der Waals surface area contributed by atoms with Crippen LogP contribution in [-0.2, 0) is 14.8 Å². The first-order valence-corrected chi connectivity index (χ1v) is 10.9. The number of rotatable bonds is 6. The zero-order valence-corrected chi connectivity index (χ0v) is 17.3. The molecule has 2 N–H and O–H groups in total. The van der Waals surface area contributed by atoms with Gasteiger partial charge in [-0.15, -0.1) is 0 Å². The number of ether oxygens (including phenoxy) is 1. The summed E-state index contributed by atoms with van der Waals surface area (Å²) in [7, 11) is -3.63. The minimum Gasteiger partial charge on any atom is -0.377 e. The molecule has 0 spiro atoms. The molecular weight excluding hydrogens is 432 g/mol. The fourth-order valence-electron chi connectivity index (χ4n) is 2.80. The molecule has 0 bridgehead atoms. The summed E-state index contributed by atoms with van der Waals surface area (Å²) in [5.74, 6) is -0.298. The fourth-order valence-corrected chi connectivity index (χ4v) is 4.12. The fraction of sp³-hybridized carbons (Fsp3) is 0.316. The van der Waals surface area contributed by atoms with Gasteiger partial charge in [0.2, 0.25) is 10.0 Å². The van der Waals surface area contributed by atoms with Gasteiger partial charge >= 0.3 is 0 Å². The number of carbonyl (C=O) groups is 1. The monoisotopic (exact) mass is 452 g/mol. The molecule has 1 heterocycles. The minimum atomic E-state index is -3.63. The molecule has 2 aromatic carbocycles. The largest absolute Gasteiger partial charge is 0.377 e. The van der Waals surface area contributed by atoms with Crippen molar-refractivity contribution in [2.24, 2.45) is 0 Å². The van der Waals surface area contributed by atoms with Crippen molar-refractivity contribution in [2.75, 3.05) is 18.5 Å². The van der Waals surface area contributed by atoms with E-state index in [1.54, 1.807) is 6.07 Å². The van der Waals surface area contributed by atoms with Gasteiger partial charge in [0.15, 0.2) is 0 Å². The van der Waals surface area contributed by atoms with Crippen molar-refractivity contribution in [2.45, 2.75) is 30.8 Å². The van der Waals surface area contributed by atoms with Gasteiger partial charge in [-0.3, -0.25) is 4.79 Å². The van der Waals surface area contributed by atoms with Crippen LogP contribution in [0.15, 0.2) is 51.8 Å². The van der Waals surface area contributed by atoms with Crippen molar-refractivity contribution in [1.82, 2.24) is 4.72 Å². The first-order chi connectivity index (χ1) is 12.8. The van der Waals surface area contributed by atoms with Gasteiger partial charge < -0.3 is 10.1 Å². The van der Waals surface area contributed by atoms with Gasteiger partial charge in [0.05, 0.1) is 11.0 Å². The molecule has 1 unspecified atom stereocenters. The molecule has 0 aromatic heterocycles. The molecule has 0 radical (unpaired) electrons. The number of anilines is 1. The number of aryl methyl sites for hydroxylation is 1. The van der Waals surface area contributed by atoms with Crippen LogP contribution in [0.2, 0.25) is 0 Å². The summed E-state index contributed by atoms with van der Waals surface area (Å²) in [6, 6.07) is 11.4. The molecule has 6 nitrogen and oxygen atoms in total. The van der Waals surface area contributed by atoms with Gasteiger partial charge in [0, 0.05) is 28.9 Å². The molecule has 144 valence electrons. The van der Waals surface area contributed by atoms with Gasteiger partial charge in [0.1, 0.15) is 0 Å². The van der Waals surface area contributed by atoms with Gasteiger partial charge in [-0.2, -0.15) is 0 Å². The molecule has 0 saturated carbocycles. The maximum Gasteiger partial charge on any atom is 0.255 e. The molecule has 1 atom stereocenters. The van der Waals surface area contributed by atoms with Crippen LogP contribution < -0.4 is 10.0 Å². The topological polar surface area (TPSA) is 84.5 Å². The summed E-state index contributed by atoms with van der Waals surface area (Å²) in [6.07, 6.45) is 1.74. The van der Waals surface area contributed by atoms with Crippen molar-refractivity contribution in [3.05, 3.63) is 58.1 Å². The minimum absolute atomic E-state index is 0.0702. The molecule has 1 aliphatic rings. The molecule has 1 amide bonds. The number of amides is 1. The lowest BCUT2D eigenvalue weighted by molar-refractivity contribution is 0.102. The highest BCUT2D eigenvalue weighted by molar-refractivity contribution is 9.10. The Balaban J connectivity index is 1.64. The summed E-state index contributed by atoms with van der Waals surface area (Å²) >= 11 is 3.42. The zero-order chi connectivity index (χ0) is 19.4. The molecule has 1 saturated heterocycles. The summed E-state index contributed by atoms with van der Waals surface area (Å²) < 4.78 is 33.7. The van der Waals surface area contributed by atoms with Crippen LogP contribution in [0, 0.1) is 6.92 Å². The van der Waals surface area contributed by atoms with E-state index in [1.807, 2.05) is 19.1 Å². The maximum atomic E-state index is 12.4. The lowest BCUT2D eigenvalue weighted by Crippen LogP contribution is -2.31. The van der Waals surface area contributed by atoms with Crippen LogP contribution >= 0.6 is 15.9 Å². The van der Waals surface area contributed by atoms with Gasteiger partial charge in [-0.1, -0.05) is 15.9 Å². The Kier molecular flexibility index (Phi) is 6.31. The van der Waals surface area contributed by atoms with E-state index in [0.29, 0.717) is 17.9 Å². The van der Waals surface area contributed by atoms with Crippen LogP contribution in [0.5, 0.6) is 0 Å². The second-order valence-corrected chi connectivity index (χ2v) is 9.05. The smallest absolute Gasteiger partial charge is 0.255 e. The molecule has 27 heavy (non-hydrogen) atoms. The van der Waals surface area contributed by atoms with E-state index in [-0.39, 0.29) is 23.5 Å². The van der Waals surface area contributed by atoms with E-state index in [4.69, 9.17) is 4.74 Å². The summed E-state index contributed by atoms with van der Waals surface area (Å²) in [6.45, 7) is 2.87. The molecular formula is C19H21BrN2O4S. The Morgan fingerprint density at radius 3 is 2.59 bits per heavy atom. The van der Waals surface area contributed by atoms with Crippen LogP contribution in [0.25, 0.3) is 0 Å². The highest BCUT2D eigenvalue weighted by atomic mass is 79.9. The standard InChI is InChI=1S/C19H21BrN2O4S/c1-13-11-15(6-9-18(13)20)22-19(23)14-4-7-17(8-5-14)27(24,25)21-12-16-3-2-10-26-16/h4-9,11,16,21H,2-3,10,12H2,1H3,(H,22,23). The first-order valence-electron chi connectivity index (χ1n) is 8.64. The van der Waals surface area contributed by atoms with E-state index in [9.17, 15) is 13.2 Å². The lowest BCUT2D eigenvalue weighted by Gasteiger charge is -2.12. The third kappa shape index (κ3) is 5.16. The number of benzene rings is 2. The van der Waals surface area contributed by atoms with Crippen LogP contribution in [0.1, 0.15) is 28.8 Å².